The van der Waals surface area contributed by atoms with Crippen molar-refractivity contribution in [2.24, 2.45) is 5.73 Å². The summed E-state index contributed by atoms with van der Waals surface area (Å²) >= 11 is 0. The Balaban J connectivity index is 2.59. The molecule has 78 valence electrons. The van der Waals surface area contributed by atoms with Crippen molar-refractivity contribution in [1.29, 1.82) is 5.26 Å². The monoisotopic (exact) mass is 205 g/mol. The lowest BCUT2D eigenvalue weighted by atomic mass is 10.1. The molecule has 1 amide bonds. The number of aromatic hydroxyl groups is 1. The SMILES string of the molecule is N#CNC(=O)[C@@H](N)Cc1ccc(O)cc1. The van der Waals surface area contributed by atoms with Crippen LogP contribution in [0, 0.1) is 11.5 Å². The standard InChI is InChI=1S/C10H11N3O2/c11-6-13-10(15)9(12)5-7-1-3-8(14)4-2-7/h1-4,9,14H,5,12H2,(H,13,15)/t9-/m0/s1. The lowest BCUT2D eigenvalue weighted by Gasteiger charge is -2.08. The Morgan fingerprint density at radius 3 is 2.67 bits per heavy atom. The van der Waals surface area contributed by atoms with Crippen LogP contribution >= 0.6 is 0 Å². The fraction of sp³-hybridized carbons (Fsp3) is 0.200. The summed E-state index contributed by atoms with van der Waals surface area (Å²) in [7, 11) is 0. The van der Waals surface area contributed by atoms with E-state index in [1.165, 1.54) is 18.3 Å². The second-order valence-electron chi connectivity index (χ2n) is 3.08. The van der Waals surface area contributed by atoms with Crippen LogP contribution in [-0.4, -0.2) is 17.1 Å². The van der Waals surface area contributed by atoms with E-state index in [1.807, 2.05) is 5.32 Å². The third kappa shape index (κ3) is 3.29. The molecular formula is C10H11N3O2. The van der Waals surface area contributed by atoms with Gasteiger partial charge in [-0.2, -0.15) is 5.26 Å². The molecule has 0 saturated heterocycles. The summed E-state index contributed by atoms with van der Waals surface area (Å²) in [5.41, 5.74) is 6.37. The molecule has 0 saturated carbocycles. The molecule has 1 aromatic carbocycles. The molecule has 0 aromatic heterocycles. The van der Waals surface area contributed by atoms with Crippen molar-refractivity contribution in [3.63, 3.8) is 0 Å². The number of amides is 1. The van der Waals surface area contributed by atoms with E-state index in [2.05, 4.69) is 0 Å². The third-order valence-corrected chi connectivity index (χ3v) is 1.91. The molecule has 0 radical (unpaired) electrons. The first-order valence-corrected chi connectivity index (χ1v) is 4.36. The number of benzene rings is 1. The maximum Gasteiger partial charge on any atom is 0.250 e. The zero-order valence-electron chi connectivity index (χ0n) is 7.97. The van der Waals surface area contributed by atoms with E-state index in [0.717, 1.165) is 5.56 Å². The van der Waals surface area contributed by atoms with E-state index in [1.54, 1.807) is 12.1 Å². The molecule has 0 aliphatic rings. The first-order valence-electron chi connectivity index (χ1n) is 4.36. The van der Waals surface area contributed by atoms with Crippen molar-refractivity contribution in [1.82, 2.24) is 5.32 Å². The summed E-state index contributed by atoms with van der Waals surface area (Å²) < 4.78 is 0. The number of hydrogen-bond acceptors (Lipinski definition) is 4. The molecule has 0 unspecified atom stereocenters. The van der Waals surface area contributed by atoms with Crippen LogP contribution in [0.25, 0.3) is 0 Å². The zero-order chi connectivity index (χ0) is 11.3. The summed E-state index contributed by atoms with van der Waals surface area (Å²) in [6, 6.07) is 5.63. The quantitative estimate of drug-likeness (QED) is 0.472. The maximum absolute atomic E-state index is 11.1. The smallest absolute Gasteiger partial charge is 0.250 e. The minimum Gasteiger partial charge on any atom is -0.508 e. The first kappa shape index (κ1) is 11.0. The number of nitrogens with two attached hydrogens (primary N) is 1. The number of carbonyl (C=O) groups is 1. The second kappa shape index (κ2) is 4.98. The van der Waals surface area contributed by atoms with Crippen LogP contribution in [-0.2, 0) is 11.2 Å². The van der Waals surface area contributed by atoms with Crippen LogP contribution in [0.5, 0.6) is 5.75 Å². The summed E-state index contributed by atoms with van der Waals surface area (Å²) in [4.78, 5) is 11.1. The zero-order valence-corrected chi connectivity index (χ0v) is 7.97. The van der Waals surface area contributed by atoms with Crippen molar-refractivity contribution >= 4 is 5.91 Å². The molecule has 5 nitrogen and oxygen atoms in total. The van der Waals surface area contributed by atoms with Gasteiger partial charge in [0.1, 0.15) is 5.75 Å². The number of rotatable bonds is 3. The van der Waals surface area contributed by atoms with Gasteiger partial charge in [0.05, 0.1) is 6.04 Å². The summed E-state index contributed by atoms with van der Waals surface area (Å²) in [5.74, 6) is -0.348. The van der Waals surface area contributed by atoms with E-state index < -0.39 is 11.9 Å². The molecule has 0 aliphatic heterocycles. The highest BCUT2D eigenvalue weighted by Gasteiger charge is 2.13. The third-order valence-electron chi connectivity index (χ3n) is 1.91. The Morgan fingerprint density at radius 2 is 2.13 bits per heavy atom. The number of carbonyl (C=O) groups excluding carboxylic acids is 1. The van der Waals surface area contributed by atoms with Crippen molar-refractivity contribution < 1.29 is 9.90 Å². The van der Waals surface area contributed by atoms with E-state index in [0.29, 0.717) is 6.42 Å². The van der Waals surface area contributed by atoms with Crippen LogP contribution in [0.4, 0.5) is 0 Å². The molecule has 0 heterocycles. The Morgan fingerprint density at radius 1 is 1.53 bits per heavy atom. The maximum atomic E-state index is 11.1. The molecule has 1 aromatic rings. The lowest BCUT2D eigenvalue weighted by Crippen LogP contribution is -2.39. The molecule has 0 bridgehead atoms. The van der Waals surface area contributed by atoms with E-state index in [9.17, 15) is 4.79 Å². The van der Waals surface area contributed by atoms with Crippen LogP contribution in [0.2, 0.25) is 0 Å². The van der Waals surface area contributed by atoms with Crippen LogP contribution < -0.4 is 11.1 Å². The fourth-order valence-corrected chi connectivity index (χ4v) is 1.13. The summed E-state index contributed by atoms with van der Waals surface area (Å²) in [6.07, 6.45) is 1.85. The number of phenols is 1. The molecule has 0 spiro atoms. The molecule has 1 rings (SSSR count). The van der Waals surface area contributed by atoms with Gasteiger partial charge in [-0.05, 0) is 24.1 Å². The van der Waals surface area contributed by atoms with Gasteiger partial charge in [-0.15, -0.1) is 0 Å². The Hall–Kier alpha value is -2.06. The molecule has 15 heavy (non-hydrogen) atoms. The number of hydrogen-bond donors (Lipinski definition) is 3. The molecule has 0 aliphatic carbocycles. The highest BCUT2D eigenvalue weighted by Crippen LogP contribution is 2.10. The lowest BCUT2D eigenvalue weighted by molar-refractivity contribution is -0.121. The average Bonchev–Trinajstić information content (AvgIpc) is 2.22. The van der Waals surface area contributed by atoms with Crippen molar-refractivity contribution in [3.05, 3.63) is 29.8 Å². The highest BCUT2D eigenvalue weighted by atomic mass is 16.3. The van der Waals surface area contributed by atoms with E-state index in [4.69, 9.17) is 16.1 Å². The number of nitrogens with one attached hydrogen (secondary N) is 1. The minimum atomic E-state index is -0.755. The Labute approximate surface area is 87.1 Å². The van der Waals surface area contributed by atoms with Crippen LogP contribution in [0.1, 0.15) is 5.56 Å². The van der Waals surface area contributed by atoms with E-state index >= 15 is 0 Å². The number of phenolic OH excluding ortho intramolecular Hbond substituents is 1. The molecule has 4 N–H and O–H groups in total. The Kier molecular flexibility index (Phi) is 3.66. The molecular weight excluding hydrogens is 194 g/mol. The fourth-order valence-electron chi connectivity index (χ4n) is 1.13. The Bertz CT molecular complexity index is 381. The van der Waals surface area contributed by atoms with Crippen molar-refractivity contribution in [3.8, 4) is 11.9 Å². The van der Waals surface area contributed by atoms with Gasteiger partial charge in [0.25, 0.3) is 0 Å². The van der Waals surface area contributed by atoms with Gasteiger partial charge in [-0.25, -0.2) is 0 Å². The minimum absolute atomic E-state index is 0.161. The van der Waals surface area contributed by atoms with Crippen LogP contribution in [0.15, 0.2) is 24.3 Å². The van der Waals surface area contributed by atoms with Crippen molar-refractivity contribution in [2.75, 3.05) is 0 Å². The predicted molar refractivity (Wildman–Crippen MR) is 53.5 cm³/mol. The van der Waals surface area contributed by atoms with Crippen molar-refractivity contribution in [2.45, 2.75) is 12.5 Å². The van der Waals surface area contributed by atoms with Gasteiger partial charge in [0, 0.05) is 0 Å². The van der Waals surface area contributed by atoms with Gasteiger partial charge in [0.15, 0.2) is 6.19 Å². The number of nitriles is 1. The van der Waals surface area contributed by atoms with Gasteiger partial charge in [0.2, 0.25) is 5.91 Å². The average molecular weight is 205 g/mol. The first-order chi connectivity index (χ1) is 7.13. The molecule has 0 fully saturated rings. The second-order valence-corrected chi connectivity index (χ2v) is 3.08. The topological polar surface area (TPSA) is 99.1 Å². The molecule has 5 heteroatoms. The van der Waals surface area contributed by atoms with Gasteiger partial charge in [-0.3, -0.25) is 10.1 Å². The van der Waals surface area contributed by atoms with Gasteiger partial charge >= 0.3 is 0 Å². The summed E-state index contributed by atoms with van der Waals surface area (Å²) in [5, 5.41) is 19.2. The highest BCUT2D eigenvalue weighted by molar-refractivity contribution is 5.83. The van der Waals surface area contributed by atoms with Crippen LogP contribution in [0.3, 0.4) is 0 Å². The summed E-state index contributed by atoms with van der Waals surface area (Å²) in [6.45, 7) is 0. The molecule has 1 atom stereocenters. The van der Waals surface area contributed by atoms with Gasteiger partial charge < -0.3 is 10.8 Å². The normalized spacial score (nSPS) is 11.5. The van der Waals surface area contributed by atoms with Gasteiger partial charge in [-0.1, -0.05) is 12.1 Å². The number of nitrogens with zero attached hydrogens (tertiary/aromatic N) is 1. The van der Waals surface area contributed by atoms with E-state index in [-0.39, 0.29) is 5.75 Å². The predicted octanol–water partition coefficient (Wildman–Crippen LogP) is -0.141. The largest absolute Gasteiger partial charge is 0.508 e.